The molecule has 0 saturated heterocycles. The van der Waals surface area contributed by atoms with Crippen molar-refractivity contribution in [3.63, 3.8) is 0 Å². The molecule has 3 aromatic rings. The summed E-state index contributed by atoms with van der Waals surface area (Å²) in [4.78, 5) is 29.0. The minimum Gasteiger partial charge on any atom is -0.352 e. The van der Waals surface area contributed by atoms with Gasteiger partial charge in [0.1, 0.15) is 6.04 Å². The van der Waals surface area contributed by atoms with Crippen LogP contribution in [0, 0.1) is 0 Å². The van der Waals surface area contributed by atoms with Crippen LogP contribution < -0.4 is 5.32 Å². The standard InChI is InChI=1S/C31H36Cl2N2O2/c1-4-22(3)34-31(37)29(20-25-9-7-6-8-10-25)35(21-26-15-17-27(32)28(33)19-26)30(36)18-16-24-13-11-23(5-2)12-14-24/h6-15,17,19,22,29H,4-5,16,18,20-21H2,1-3H3,(H,34,37)/t22-,29+/m1/s1. The lowest BCUT2D eigenvalue weighted by Crippen LogP contribution is -2.52. The second-order valence-electron chi connectivity index (χ2n) is 9.46. The van der Waals surface area contributed by atoms with Crippen LogP contribution in [-0.4, -0.2) is 28.8 Å². The van der Waals surface area contributed by atoms with Gasteiger partial charge in [0.05, 0.1) is 10.0 Å². The molecule has 3 rings (SSSR count). The van der Waals surface area contributed by atoms with Gasteiger partial charge in [-0.25, -0.2) is 0 Å². The zero-order valence-electron chi connectivity index (χ0n) is 21.8. The van der Waals surface area contributed by atoms with E-state index < -0.39 is 6.04 Å². The summed E-state index contributed by atoms with van der Waals surface area (Å²) in [5.41, 5.74) is 4.18. The molecule has 2 atom stereocenters. The van der Waals surface area contributed by atoms with Crippen LogP contribution in [0.25, 0.3) is 0 Å². The Labute approximate surface area is 231 Å². The molecule has 1 N–H and O–H groups in total. The molecule has 196 valence electrons. The maximum Gasteiger partial charge on any atom is 0.243 e. The average Bonchev–Trinajstić information content (AvgIpc) is 2.91. The van der Waals surface area contributed by atoms with Gasteiger partial charge in [0.15, 0.2) is 0 Å². The summed E-state index contributed by atoms with van der Waals surface area (Å²) in [6, 6.07) is 22.8. The number of aryl methyl sites for hydroxylation is 2. The molecule has 4 nitrogen and oxygen atoms in total. The lowest BCUT2D eigenvalue weighted by Gasteiger charge is -2.32. The first-order chi connectivity index (χ1) is 17.8. The van der Waals surface area contributed by atoms with Crippen molar-refractivity contribution < 1.29 is 9.59 Å². The quantitative estimate of drug-likeness (QED) is 0.268. The summed E-state index contributed by atoms with van der Waals surface area (Å²) in [6.07, 6.45) is 3.10. The predicted octanol–water partition coefficient (Wildman–Crippen LogP) is 7.04. The molecule has 0 radical (unpaired) electrons. The Morgan fingerprint density at radius 1 is 0.838 bits per heavy atom. The number of benzene rings is 3. The summed E-state index contributed by atoms with van der Waals surface area (Å²) < 4.78 is 0. The Morgan fingerprint density at radius 2 is 1.49 bits per heavy atom. The smallest absolute Gasteiger partial charge is 0.243 e. The van der Waals surface area contributed by atoms with Gasteiger partial charge in [0, 0.05) is 25.4 Å². The number of nitrogens with zero attached hydrogens (tertiary/aromatic N) is 1. The van der Waals surface area contributed by atoms with Crippen molar-refractivity contribution in [3.8, 4) is 0 Å². The Kier molecular flexibility index (Phi) is 11.0. The lowest BCUT2D eigenvalue weighted by atomic mass is 10.0. The minimum absolute atomic E-state index is 0.00443. The monoisotopic (exact) mass is 538 g/mol. The molecule has 0 spiro atoms. The second kappa shape index (κ2) is 14.2. The van der Waals surface area contributed by atoms with Crippen LogP contribution in [0.2, 0.25) is 10.0 Å². The predicted molar refractivity (Wildman–Crippen MR) is 153 cm³/mol. The molecule has 0 aromatic heterocycles. The van der Waals surface area contributed by atoms with E-state index in [-0.39, 0.29) is 24.4 Å². The fourth-order valence-corrected chi connectivity index (χ4v) is 4.49. The third kappa shape index (κ3) is 8.62. The summed E-state index contributed by atoms with van der Waals surface area (Å²) in [5.74, 6) is -0.232. The fraction of sp³-hybridized carbons (Fsp3) is 0.355. The van der Waals surface area contributed by atoms with Gasteiger partial charge >= 0.3 is 0 Å². The van der Waals surface area contributed by atoms with Gasteiger partial charge in [-0.3, -0.25) is 9.59 Å². The highest BCUT2D eigenvalue weighted by molar-refractivity contribution is 6.42. The summed E-state index contributed by atoms with van der Waals surface area (Å²) >= 11 is 12.4. The van der Waals surface area contributed by atoms with Crippen molar-refractivity contribution >= 4 is 35.0 Å². The van der Waals surface area contributed by atoms with E-state index in [9.17, 15) is 9.59 Å². The molecule has 0 unspecified atom stereocenters. The Balaban J connectivity index is 1.91. The van der Waals surface area contributed by atoms with E-state index in [2.05, 4.69) is 36.5 Å². The molecule has 0 saturated carbocycles. The van der Waals surface area contributed by atoms with Gasteiger partial charge in [-0.1, -0.05) is 97.7 Å². The number of hydrogen-bond donors (Lipinski definition) is 1. The number of rotatable bonds is 12. The van der Waals surface area contributed by atoms with Gasteiger partial charge < -0.3 is 10.2 Å². The maximum atomic E-state index is 13.8. The topological polar surface area (TPSA) is 49.4 Å². The highest BCUT2D eigenvalue weighted by Crippen LogP contribution is 2.25. The zero-order chi connectivity index (χ0) is 26.8. The highest BCUT2D eigenvalue weighted by Gasteiger charge is 2.30. The molecular weight excluding hydrogens is 503 g/mol. The van der Waals surface area contributed by atoms with Crippen LogP contribution in [0.3, 0.4) is 0 Å². The van der Waals surface area contributed by atoms with Crippen molar-refractivity contribution in [3.05, 3.63) is 105 Å². The zero-order valence-corrected chi connectivity index (χ0v) is 23.4. The molecule has 3 aromatic carbocycles. The number of carbonyl (C=O) groups is 2. The van der Waals surface area contributed by atoms with Crippen LogP contribution in [-0.2, 0) is 35.4 Å². The fourth-order valence-electron chi connectivity index (χ4n) is 4.17. The lowest BCUT2D eigenvalue weighted by molar-refractivity contribution is -0.141. The molecule has 0 fully saturated rings. The van der Waals surface area contributed by atoms with E-state index in [0.29, 0.717) is 29.3 Å². The van der Waals surface area contributed by atoms with Crippen molar-refractivity contribution in [2.45, 2.75) is 71.5 Å². The first-order valence-electron chi connectivity index (χ1n) is 13.0. The van der Waals surface area contributed by atoms with Gasteiger partial charge in [-0.15, -0.1) is 0 Å². The third-order valence-electron chi connectivity index (χ3n) is 6.67. The molecule has 0 aliphatic rings. The summed E-state index contributed by atoms with van der Waals surface area (Å²) in [5, 5.41) is 3.97. The molecule has 0 aliphatic carbocycles. The highest BCUT2D eigenvalue weighted by atomic mass is 35.5. The van der Waals surface area contributed by atoms with Crippen LogP contribution >= 0.6 is 23.2 Å². The van der Waals surface area contributed by atoms with Crippen LogP contribution in [0.4, 0.5) is 0 Å². The second-order valence-corrected chi connectivity index (χ2v) is 10.3. The Morgan fingerprint density at radius 3 is 2.11 bits per heavy atom. The SMILES string of the molecule is CCc1ccc(CCC(=O)N(Cc2ccc(Cl)c(Cl)c2)[C@@H](Cc2ccccc2)C(=O)N[C@H](C)CC)cc1. The number of carbonyl (C=O) groups excluding carboxylic acids is 2. The summed E-state index contributed by atoms with van der Waals surface area (Å²) in [7, 11) is 0. The molecular formula is C31H36Cl2N2O2. The molecule has 2 amide bonds. The molecule has 0 aliphatic heterocycles. The maximum absolute atomic E-state index is 13.8. The molecule has 37 heavy (non-hydrogen) atoms. The van der Waals surface area contributed by atoms with E-state index in [4.69, 9.17) is 23.2 Å². The minimum atomic E-state index is -0.666. The first kappa shape index (κ1) is 28.7. The molecule has 6 heteroatoms. The van der Waals surface area contributed by atoms with Crippen molar-refractivity contribution in [2.24, 2.45) is 0 Å². The number of amides is 2. The van der Waals surface area contributed by atoms with Gasteiger partial charge in [-0.2, -0.15) is 0 Å². The van der Waals surface area contributed by atoms with Gasteiger partial charge in [-0.05, 0) is 60.6 Å². The Hall–Kier alpha value is -2.82. The number of hydrogen-bond acceptors (Lipinski definition) is 2. The van der Waals surface area contributed by atoms with Crippen molar-refractivity contribution in [2.75, 3.05) is 0 Å². The Bertz CT molecular complexity index is 1170. The molecule has 0 bridgehead atoms. The third-order valence-corrected chi connectivity index (χ3v) is 7.41. The van der Waals surface area contributed by atoms with E-state index in [1.807, 2.05) is 50.2 Å². The van der Waals surface area contributed by atoms with E-state index >= 15 is 0 Å². The van der Waals surface area contributed by atoms with Crippen LogP contribution in [0.1, 0.15) is 55.9 Å². The summed E-state index contributed by atoms with van der Waals surface area (Å²) in [6.45, 7) is 6.38. The molecule has 0 heterocycles. The van der Waals surface area contributed by atoms with Gasteiger partial charge in [0.2, 0.25) is 11.8 Å². The van der Waals surface area contributed by atoms with Gasteiger partial charge in [0.25, 0.3) is 0 Å². The van der Waals surface area contributed by atoms with E-state index in [1.54, 1.807) is 17.0 Å². The normalized spacial score (nSPS) is 12.6. The van der Waals surface area contributed by atoms with Crippen LogP contribution in [0.5, 0.6) is 0 Å². The average molecular weight is 540 g/mol. The first-order valence-corrected chi connectivity index (χ1v) is 13.7. The van der Waals surface area contributed by atoms with E-state index in [1.165, 1.54) is 5.56 Å². The number of halogens is 2. The number of nitrogens with one attached hydrogen (secondary N) is 1. The van der Waals surface area contributed by atoms with Crippen LogP contribution in [0.15, 0.2) is 72.8 Å². The van der Waals surface area contributed by atoms with E-state index in [0.717, 1.165) is 29.5 Å². The largest absolute Gasteiger partial charge is 0.352 e. The van der Waals surface area contributed by atoms with Crippen molar-refractivity contribution in [1.29, 1.82) is 0 Å². The van der Waals surface area contributed by atoms with Crippen molar-refractivity contribution in [1.82, 2.24) is 10.2 Å².